The molecule has 0 aromatic carbocycles. The zero-order valence-corrected chi connectivity index (χ0v) is 8.91. The molecule has 1 aliphatic carbocycles. The summed E-state index contributed by atoms with van der Waals surface area (Å²) in [5.74, 6) is 0.679. The van der Waals surface area contributed by atoms with Crippen LogP contribution in [-0.2, 0) is 0 Å². The van der Waals surface area contributed by atoms with Gasteiger partial charge in [0.15, 0.2) is 0 Å². The minimum Gasteiger partial charge on any atom is -0.288 e. The molecule has 0 aromatic heterocycles. The summed E-state index contributed by atoms with van der Waals surface area (Å²) >= 11 is 0. The second-order valence-corrected chi connectivity index (χ2v) is 4.72. The van der Waals surface area contributed by atoms with Crippen molar-refractivity contribution in [2.24, 2.45) is 5.92 Å². The van der Waals surface area contributed by atoms with Gasteiger partial charge in [0.2, 0.25) is 0 Å². The van der Waals surface area contributed by atoms with E-state index in [1.807, 2.05) is 0 Å². The first kappa shape index (κ1) is 9.98. The highest BCUT2D eigenvalue weighted by atomic mass is 15.2. The molecule has 0 N–H and O–H groups in total. The molecule has 0 amide bonds. The van der Waals surface area contributed by atoms with Crippen LogP contribution < -0.4 is 0 Å². The van der Waals surface area contributed by atoms with E-state index in [9.17, 15) is 5.26 Å². The molecule has 0 spiro atoms. The fourth-order valence-electron chi connectivity index (χ4n) is 2.95. The van der Waals surface area contributed by atoms with E-state index in [2.05, 4.69) is 11.0 Å². The van der Waals surface area contributed by atoms with Gasteiger partial charge >= 0.3 is 0 Å². The maximum absolute atomic E-state index is 9.25. The molecule has 0 radical (unpaired) electrons. The largest absolute Gasteiger partial charge is 0.288 e. The van der Waals surface area contributed by atoms with Crippen molar-refractivity contribution in [1.29, 1.82) is 5.26 Å². The molecule has 1 aliphatic heterocycles. The van der Waals surface area contributed by atoms with Crippen LogP contribution in [-0.4, -0.2) is 24.0 Å². The summed E-state index contributed by atoms with van der Waals surface area (Å²) in [7, 11) is 0. The molecule has 2 heteroatoms. The van der Waals surface area contributed by atoms with Crippen LogP contribution >= 0.6 is 0 Å². The molecule has 1 heterocycles. The average Bonchev–Trinajstić information content (AvgIpc) is 2.74. The van der Waals surface area contributed by atoms with Crippen LogP contribution in [0.4, 0.5) is 0 Å². The summed E-state index contributed by atoms with van der Waals surface area (Å²) in [6.07, 6.45) is 9.21. The Morgan fingerprint density at radius 2 is 1.64 bits per heavy atom. The molecule has 1 saturated heterocycles. The Bertz CT molecular complexity index is 207. The highest BCUT2D eigenvalue weighted by Crippen LogP contribution is 2.31. The third-order valence-electron chi connectivity index (χ3n) is 3.76. The Balaban J connectivity index is 1.93. The van der Waals surface area contributed by atoms with Gasteiger partial charge in [-0.2, -0.15) is 5.26 Å². The summed E-state index contributed by atoms with van der Waals surface area (Å²) in [5.41, 5.74) is 0. The smallest absolute Gasteiger partial charge is 0.101 e. The third kappa shape index (κ3) is 2.09. The van der Waals surface area contributed by atoms with Crippen LogP contribution in [0.5, 0.6) is 0 Å². The van der Waals surface area contributed by atoms with Gasteiger partial charge in [0.25, 0.3) is 0 Å². The molecular formula is C12H20N2. The van der Waals surface area contributed by atoms with E-state index in [0.717, 1.165) is 13.1 Å². The predicted octanol–water partition coefficient (Wildman–Crippen LogP) is 2.55. The lowest BCUT2D eigenvalue weighted by Crippen LogP contribution is -2.42. The summed E-state index contributed by atoms with van der Waals surface area (Å²) in [4.78, 5) is 2.43. The molecule has 2 fully saturated rings. The second-order valence-electron chi connectivity index (χ2n) is 4.72. The van der Waals surface area contributed by atoms with Crippen molar-refractivity contribution in [3.63, 3.8) is 0 Å². The van der Waals surface area contributed by atoms with Crippen LogP contribution in [0.25, 0.3) is 0 Å². The van der Waals surface area contributed by atoms with Crippen molar-refractivity contribution < 1.29 is 0 Å². The zero-order valence-electron chi connectivity index (χ0n) is 8.91. The molecule has 2 nitrogen and oxygen atoms in total. The highest BCUT2D eigenvalue weighted by Gasteiger charge is 2.30. The summed E-state index contributed by atoms with van der Waals surface area (Å²) in [6.45, 7) is 2.32. The van der Waals surface area contributed by atoms with E-state index in [1.54, 1.807) is 0 Å². The fourth-order valence-corrected chi connectivity index (χ4v) is 2.95. The highest BCUT2D eigenvalue weighted by molar-refractivity contribution is 4.98. The van der Waals surface area contributed by atoms with Gasteiger partial charge in [-0.3, -0.25) is 4.90 Å². The van der Waals surface area contributed by atoms with E-state index in [-0.39, 0.29) is 6.04 Å². The lowest BCUT2D eigenvalue weighted by molar-refractivity contribution is 0.153. The van der Waals surface area contributed by atoms with Gasteiger partial charge in [0.05, 0.1) is 6.07 Å². The van der Waals surface area contributed by atoms with Gasteiger partial charge in [-0.05, 0) is 44.7 Å². The number of nitrogens with zero attached hydrogens (tertiary/aromatic N) is 2. The Morgan fingerprint density at radius 3 is 2.21 bits per heavy atom. The van der Waals surface area contributed by atoms with E-state index >= 15 is 0 Å². The maximum atomic E-state index is 9.25. The summed E-state index contributed by atoms with van der Waals surface area (Å²) in [5, 5.41) is 9.25. The molecule has 0 bridgehead atoms. The Kier molecular flexibility index (Phi) is 3.42. The zero-order chi connectivity index (χ0) is 9.80. The molecular weight excluding hydrogens is 172 g/mol. The Morgan fingerprint density at radius 1 is 1.00 bits per heavy atom. The number of rotatable bonds is 2. The number of likely N-dealkylation sites (tertiary alicyclic amines) is 1. The van der Waals surface area contributed by atoms with Crippen molar-refractivity contribution in [2.75, 3.05) is 13.1 Å². The number of piperidine rings is 1. The van der Waals surface area contributed by atoms with Crippen molar-refractivity contribution in [3.8, 4) is 6.07 Å². The van der Waals surface area contributed by atoms with Gasteiger partial charge in [-0.25, -0.2) is 0 Å². The first-order valence-corrected chi connectivity index (χ1v) is 6.05. The number of nitriles is 1. The molecule has 1 atom stereocenters. The number of hydrogen-bond donors (Lipinski definition) is 0. The second kappa shape index (κ2) is 4.79. The molecule has 1 saturated carbocycles. The van der Waals surface area contributed by atoms with E-state index < -0.39 is 0 Å². The number of hydrogen-bond acceptors (Lipinski definition) is 2. The lowest BCUT2D eigenvalue weighted by Gasteiger charge is -2.33. The normalized spacial score (nSPS) is 27.4. The van der Waals surface area contributed by atoms with E-state index in [1.165, 1.54) is 44.9 Å². The van der Waals surface area contributed by atoms with Gasteiger partial charge < -0.3 is 0 Å². The van der Waals surface area contributed by atoms with E-state index in [4.69, 9.17) is 0 Å². The maximum Gasteiger partial charge on any atom is 0.101 e. The quantitative estimate of drug-likeness (QED) is 0.672. The van der Waals surface area contributed by atoms with Crippen molar-refractivity contribution >= 4 is 0 Å². The average molecular weight is 192 g/mol. The van der Waals surface area contributed by atoms with E-state index in [0.29, 0.717) is 5.92 Å². The van der Waals surface area contributed by atoms with Gasteiger partial charge in [0.1, 0.15) is 6.04 Å². The van der Waals surface area contributed by atoms with Crippen LogP contribution in [0, 0.1) is 17.2 Å². The van der Waals surface area contributed by atoms with Crippen LogP contribution in [0.3, 0.4) is 0 Å². The molecule has 2 aliphatic rings. The minimum absolute atomic E-state index is 0.234. The SMILES string of the molecule is N#CC(C1CCCC1)N1CCCCC1. The first-order chi connectivity index (χ1) is 6.92. The van der Waals surface area contributed by atoms with Gasteiger partial charge in [-0.15, -0.1) is 0 Å². The van der Waals surface area contributed by atoms with Crippen LogP contribution in [0.15, 0.2) is 0 Å². The van der Waals surface area contributed by atoms with Crippen LogP contribution in [0.1, 0.15) is 44.9 Å². The van der Waals surface area contributed by atoms with Crippen LogP contribution in [0.2, 0.25) is 0 Å². The van der Waals surface area contributed by atoms with Crippen molar-refractivity contribution in [3.05, 3.63) is 0 Å². The molecule has 78 valence electrons. The van der Waals surface area contributed by atoms with Gasteiger partial charge in [-0.1, -0.05) is 19.3 Å². The standard InChI is InChI=1S/C12H20N2/c13-10-12(11-6-2-3-7-11)14-8-4-1-5-9-14/h11-12H,1-9H2. The molecule has 1 unspecified atom stereocenters. The Labute approximate surface area is 86.9 Å². The minimum atomic E-state index is 0.234. The predicted molar refractivity (Wildman–Crippen MR) is 56.8 cm³/mol. The fraction of sp³-hybridized carbons (Fsp3) is 0.917. The third-order valence-corrected chi connectivity index (χ3v) is 3.76. The topological polar surface area (TPSA) is 27.0 Å². The molecule has 14 heavy (non-hydrogen) atoms. The Hall–Kier alpha value is -0.550. The van der Waals surface area contributed by atoms with Gasteiger partial charge in [0, 0.05) is 0 Å². The lowest BCUT2D eigenvalue weighted by atomic mass is 9.96. The van der Waals surface area contributed by atoms with Crippen molar-refractivity contribution in [1.82, 2.24) is 4.90 Å². The molecule has 0 aromatic rings. The molecule has 2 rings (SSSR count). The first-order valence-electron chi connectivity index (χ1n) is 6.05. The summed E-state index contributed by atoms with van der Waals surface area (Å²) in [6, 6.07) is 2.77. The summed E-state index contributed by atoms with van der Waals surface area (Å²) < 4.78 is 0. The monoisotopic (exact) mass is 192 g/mol. The van der Waals surface area contributed by atoms with Crippen molar-refractivity contribution in [2.45, 2.75) is 51.0 Å².